The zero-order chi connectivity index (χ0) is 24.1. The fourth-order valence-electron chi connectivity index (χ4n) is 4.22. The molecule has 4 rings (SSSR count). The summed E-state index contributed by atoms with van der Waals surface area (Å²) in [7, 11) is 0. The van der Waals surface area contributed by atoms with Crippen LogP contribution in [0.25, 0.3) is 16.6 Å². The first kappa shape index (κ1) is 22.6. The first-order valence-electron chi connectivity index (χ1n) is 10.3. The van der Waals surface area contributed by atoms with Crippen molar-refractivity contribution in [3.63, 3.8) is 0 Å². The Morgan fingerprint density at radius 1 is 1.09 bits per heavy atom. The second-order valence-corrected chi connectivity index (χ2v) is 8.07. The van der Waals surface area contributed by atoms with Gasteiger partial charge in [0.1, 0.15) is 23.4 Å². The van der Waals surface area contributed by atoms with Gasteiger partial charge in [-0.25, -0.2) is 9.97 Å². The van der Waals surface area contributed by atoms with Crippen molar-refractivity contribution in [1.29, 1.82) is 0 Å². The molecule has 8 nitrogen and oxygen atoms in total. The molecule has 0 spiro atoms. The van der Waals surface area contributed by atoms with Crippen LogP contribution in [0.1, 0.15) is 23.7 Å². The van der Waals surface area contributed by atoms with Crippen LogP contribution in [0, 0.1) is 13.8 Å². The van der Waals surface area contributed by atoms with E-state index in [9.17, 15) is 22.8 Å². The number of nitrogens with two attached hydrogens (primary N) is 1. The molecule has 1 amide bonds. The van der Waals surface area contributed by atoms with Crippen LogP contribution in [0.15, 0.2) is 29.3 Å². The van der Waals surface area contributed by atoms with Crippen molar-refractivity contribution < 1.29 is 18.0 Å². The van der Waals surface area contributed by atoms with E-state index in [4.69, 9.17) is 5.73 Å². The summed E-state index contributed by atoms with van der Waals surface area (Å²) < 4.78 is 43.3. The van der Waals surface area contributed by atoms with E-state index in [0.29, 0.717) is 41.9 Å². The third-order valence-electron chi connectivity index (χ3n) is 6.00. The first-order chi connectivity index (χ1) is 15.5. The minimum atomic E-state index is -4.82. The molecule has 11 heteroatoms. The van der Waals surface area contributed by atoms with E-state index in [0.717, 1.165) is 6.07 Å². The summed E-state index contributed by atoms with van der Waals surface area (Å²) >= 11 is 0. The highest BCUT2D eigenvalue weighted by Gasteiger charge is 2.37. The number of aromatic nitrogens is 3. The number of aryl methyl sites for hydroxylation is 1. The normalized spacial score (nSPS) is 14.7. The number of anilines is 2. The Morgan fingerprint density at radius 3 is 2.36 bits per heavy atom. The number of alkyl halides is 3. The zero-order valence-corrected chi connectivity index (χ0v) is 18.4. The predicted octanol–water partition coefficient (Wildman–Crippen LogP) is 2.67. The smallest absolute Gasteiger partial charge is 0.398 e. The van der Waals surface area contributed by atoms with Crippen molar-refractivity contribution in [2.24, 2.45) is 0 Å². The maximum atomic E-state index is 14.2. The molecule has 1 aliphatic heterocycles. The van der Waals surface area contributed by atoms with Crippen LogP contribution in [0.3, 0.4) is 0 Å². The molecule has 3 heterocycles. The molecule has 3 aromatic rings. The van der Waals surface area contributed by atoms with E-state index in [2.05, 4.69) is 9.97 Å². The lowest BCUT2D eigenvalue weighted by Crippen LogP contribution is -2.48. The lowest BCUT2D eigenvalue weighted by Gasteiger charge is -2.35. The minimum Gasteiger partial charge on any atom is -0.398 e. The number of rotatable bonds is 2. The Bertz CT molecular complexity index is 1310. The van der Waals surface area contributed by atoms with Crippen LogP contribution < -0.4 is 16.2 Å². The molecular weight excluding hydrogens is 437 g/mol. The van der Waals surface area contributed by atoms with E-state index < -0.39 is 17.4 Å². The average molecular weight is 460 g/mol. The molecule has 1 saturated heterocycles. The van der Waals surface area contributed by atoms with Crippen LogP contribution in [0.2, 0.25) is 0 Å². The van der Waals surface area contributed by atoms with Gasteiger partial charge in [-0.3, -0.25) is 14.2 Å². The predicted molar refractivity (Wildman–Crippen MR) is 118 cm³/mol. The van der Waals surface area contributed by atoms with Crippen molar-refractivity contribution in [3.8, 4) is 5.69 Å². The molecule has 0 unspecified atom stereocenters. The standard InChI is InChI=1S/C22H23F3N6O2/c1-12-4-5-16(26)13(2)19(12)31-17(22(23,24)25)10-15-18(21(31)33)27-11-28-20(15)30-8-6-29(7-9-30)14(3)32/h4-5,10-11H,6-9,26H2,1-3H3. The van der Waals surface area contributed by atoms with Crippen LogP contribution in [0.5, 0.6) is 0 Å². The van der Waals surface area contributed by atoms with Gasteiger partial charge in [0, 0.05) is 38.8 Å². The Labute approximate surface area is 187 Å². The number of piperazine rings is 1. The molecular formula is C22H23F3N6O2. The van der Waals surface area contributed by atoms with Crippen LogP contribution in [-0.4, -0.2) is 51.5 Å². The second kappa shape index (κ2) is 8.05. The number of hydrogen-bond donors (Lipinski definition) is 1. The number of amides is 1. The number of benzene rings is 1. The number of fused-ring (bicyclic) bond motifs is 1. The molecule has 2 N–H and O–H groups in total. The highest BCUT2D eigenvalue weighted by atomic mass is 19.4. The maximum Gasteiger partial charge on any atom is 0.431 e. The van der Waals surface area contributed by atoms with Gasteiger partial charge < -0.3 is 15.5 Å². The number of hydrogen-bond acceptors (Lipinski definition) is 6. The van der Waals surface area contributed by atoms with Gasteiger partial charge in [0.15, 0.2) is 0 Å². The molecule has 1 aromatic carbocycles. The van der Waals surface area contributed by atoms with Gasteiger partial charge in [0.25, 0.3) is 5.56 Å². The highest BCUT2D eigenvalue weighted by Crippen LogP contribution is 2.35. The summed E-state index contributed by atoms with van der Waals surface area (Å²) in [4.78, 5) is 36.7. The van der Waals surface area contributed by atoms with E-state index in [1.54, 1.807) is 35.8 Å². The van der Waals surface area contributed by atoms with Crippen LogP contribution in [-0.2, 0) is 11.0 Å². The molecule has 0 atom stereocenters. The van der Waals surface area contributed by atoms with Crippen LogP contribution >= 0.6 is 0 Å². The third kappa shape index (κ3) is 3.87. The Kier molecular flexibility index (Phi) is 5.51. The van der Waals surface area contributed by atoms with Gasteiger partial charge in [0.05, 0.1) is 11.1 Å². The Balaban J connectivity index is 1.97. The van der Waals surface area contributed by atoms with Crippen molar-refractivity contribution >= 4 is 28.3 Å². The number of halogens is 3. The zero-order valence-electron chi connectivity index (χ0n) is 18.4. The molecule has 0 radical (unpaired) electrons. The van der Waals surface area contributed by atoms with Crippen molar-refractivity contribution in [2.75, 3.05) is 36.8 Å². The molecule has 174 valence electrons. The third-order valence-corrected chi connectivity index (χ3v) is 6.00. The molecule has 1 fully saturated rings. The summed E-state index contributed by atoms with van der Waals surface area (Å²) in [6.45, 7) is 6.24. The van der Waals surface area contributed by atoms with E-state index >= 15 is 0 Å². The summed E-state index contributed by atoms with van der Waals surface area (Å²) in [5.41, 5.74) is 5.01. The quantitative estimate of drug-likeness (QED) is 0.591. The number of nitrogen functional groups attached to an aromatic ring is 1. The van der Waals surface area contributed by atoms with Crippen molar-refractivity contribution in [1.82, 2.24) is 19.4 Å². The van der Waals surface area contributed by atoms with Gasteiger partial charge in [0.2, 0.25) is 5.91 Å². The topological polar surface area (TPSA) is 97.4 Å². The van der Waals surface area contributed by atoms with Gasteiger partial charge in [-0.2, -0.15) is 13.2 Å². The average Bonchev–Trinajstić information content (AvgIpc) is 2.77. The number of carbonyl (C=O) groups excluding carboxylic acids is 1. The second-order valence-electron chi connectivity index (χ2n) is 8.07. The van der Waals surface area contributed by atoms with Gasteiger partial charge in [-0.05, 0) is 37.1 Å². The molecule has 0 bridgehead atoms. The fraction of sp³-hybridized carbons (Fsp3) is 0.364. The summed E-state index contributed by atoms with van der Waals surface area (Å²) in [6.07, 6.45) is -3.65. The largest absolute Gasteiger partial charge is 0.431 e. The van der Waals surface area contributed by atoms with Gasteiger partial charge in [-0.1, -0.05) is 6.07 Å². The minimum absolute atomic E-state index is 0.0153. The summed E-state index contributed by atoms with van der Waals surface area (Å²) in [6, 6.07) is 4.09. The molecule has 1 aliphatic rings. The summed E-state index contributed by atoms with van der Waals surface area (Å²) in [5, 5.41) is 0.0153. The molecule has 2 aromatic heterocycles. The monoisotopic (exact) mass is 460 g/mol. The highest BCUT2D eigenvalue weighted by molar-refractivity contribution is 5.90. The molecule has 0 saturated carbocycles. The van der Waals surface area contributed by atoms with E-state index in [1.165, 1.54) is 13.3 Å². The molecule has 33 heavy (non-hydrogen) atoms. The maximum absolute atomic E-state index is 14.2. The van der Waals surface area contributed by atoms with Crippen LogP contribution in [0.4, 0.5) is 24.7 Å². The lowest BCUT2D eigenvalue weighted by atomic mass is 10.1. The summed E-state index contributed by atoms with van der Waals surface area (Å²) in [5.74, 6) is 0.163. The fourth-order valence-corrected chi connectivity index (χ4v) is 4.22. The number of nitrogens with zero attached hydrogens (tertiary/aromatic N) is 5. The lowest BCUT2D eigenvalue weighted by molar-refractivity contribution is -0.142. The van der Waals surface area contributed by atoms with Crippen molar-refractivity contribution in [3.05, 3.63) is 51.7 Å². The first-order valence-corrected chi connectivity index (χ1v) is 10.3. The van der Waals surface area contributed by atoms with Gasteiger partial charge in [-0.15, -0.1) is 0 Å². The van der Waals surface area contributed by atoms with Crippen molar-refractivity contribution in [2.45, 2.75) is 26.9 Å². The SMILES string of the molecule is CC(=O)N1CCN(c2ncnc3c(=O)n(-c4c(C)ccc(N)c4C)c(C(F)(F)F)cc23)CC1. The van der Waals surface area contributed by atoms with Gasteiger partial charge >= 0.3 is 6.18 Å². The van der Waals surface area contributed by atoms with E-state index in [1.807, 2.05) is 0 Å². The van der Waals surface area contributed by atoms with E-state index in [-0.39, 0.29) is 34.0 Å². The number of carbonyl (C=O) groups is 1. The Morgan fingerprint density at radius 2 is 1.76 bits per heavy atom. The molecule has 0 aliphatic carbocycles. The number of pyridine rings is 1. The Hall–Kier alpha value is -3.63.